The van der Waals surface area contributed by atoms with Crippen molar-refractivity contribution in [1.82, 2.24) is 5.32 Å². The summed E-state index contributed by atoms with van der Waals surface area (Å²) >= 11 is 0. The number of hydrogen-bond donors (Lipinski definition) is 1. The predicted octanol–water partition coefficient (Wildman–Crippen LogP) is 5.47. The molecule has 1 fully saturated rings. The molecule has 0 radical (unpaired) electrons. The van der Waals surface area contributed by atoms with Crippen molar-refractivity contribution in [2.24, 2.45) is 5.92 Å². The zero-order valence-corrected chi connectivity index (χ0v) is 16.5. The summed E-state index contributed by atoms with van der Waals surface area (Å²) in [6.45, 7) is 4.22. The molecule has 2 aromatic rings. The second kappa shape index (κ2) is 9.18. The van der Waals surface area contributed by atoms with Crippen molar-refractivity contribution in [3.8, 4) is 5.75 Å². The molecular formula is C23H27F2NO2. The molecule has 150 valence electrons. The van der Waals surface area contributed by atoms with Gasteiger partial charge in [-0.3, -0.25) is 4.79 Å². The van der Waals surface area contributed by atoms with Crippen LogP contribution in [0.1, 0.15) is 59.2 Å². The van der Waals surface area contributed by atoms with Crippen molar-refractivity contribution < 1.29 is 18.3 Å². The van der Waals surface area contributed by atoms with Crippen LogP contribution >= 0.6 is 0 Å². The zero-order valence-electron chi connectivity index (χ0n) is 16.5. The molecule has 1 amide bonds. The highest BCUT2D eigenvalue weighted by molar-refractivity contribution is 5.95. The van der Waals surface area contributed by atoms with Crippen LogP contribution in [0.15, 0.2) is 30.3 Å². The highest BCUT2D eigenvalue weighted by Crippen LogP contribution is 2.29. The van der Waals surface area contributed by atoms with Crippen LogP contribution in [0.4, 0.5) is 8.78 Å². The first-order valence-electron chi connectivity index (χ1n) is 9.91. The summed E-state index contributed by atoms with van der Waals surface area (Å²) in [6, 6.07) is 8.99. The zero-order chi connectivity index (χ0) is 20.1. The lowest BCUT2D eigenvalue weighted by atomic mass is 9.89. The van der Waals surface area contributed by atoms with Crippen molar-refractivity contribution in [3.63, 3.8) is 0 Å². The Morgan fingerprint density at radius 2 is 1.75 bits per heavy atom. The maximum absolute atomic E-state index is 14.6. The summed E-state index contributed by atoms with van der Waals surface area (Å²) in [6.07, 6.45) is 5.70. The molecule has 1 N–H and O–H groups in total. The Kier molecular flexibility index (Phi) is 6.65. The van der Waals surface area contributed by atoms with E-state index in [1.807, 2.05) is 31.2 Å². The van der Waals surface area contributed by atoms with Gasteiger partial charge < -0.3 is 10.1 Å². The fourth-order valence-electron chi connectivity index (χ4n) is 3.64. The molecule has 2 aromatic carbocycles. The lowest BCUT2D eigenvalue weighted by Gasteiger charge is -2.22. The molecule has 3 nitrogen and oxygen atoms in total. The monoisotopic (exact) mass is 387 g/mol. The molecule has 1 aliphatic carbocycles. The molecule has 1 aliphatic rings. The molecule has 0 aliphatic heterocycles. The largest absolute Gasteiger partial charge is 0.485 e. The van der Waals surface area contributed by atoms with E-state index in [0.717, 1.165) is 36.8 Å². The molecular weight excluding hydrogens is 360 g/mol. The number of ether oxygens (including phenoxy) is 1. The first-order valence-corrected chi connectivity index (χ1v) is 9.91. The van der Waals surface area contributed by atoms with Gasteiger partial charge in [-0.2, -0.15) is 4.39 Å². The summed E-state index contributed by atoms with van der Waals surface area (Å²) in [5, 5.41) is 2.76. The van der Waals surface area contributed by atoms with Gasteiger partial charge in [0.2, 0.25) is 5.82 Å². The number of carbonyl (C=O) groups is 1. The Morgan fingerprint density at radius 1 is 1.07 bits per heavy atom. The Bertz CT molecular complexity index is 827. The van der Waals surface area contributed by atoms with E-state index in [1.54, 1.807) is 6.92 Å². The van der Waals surface area contributed by atoms with Gasteiger partial charge in [-0.05, 0) is 49.8 Å². The van der Waals surface area contributed by atoms with E-state index in [9.17, 15) is 13.6 Å². The van der Waals surface area contributed by atoms with Gasteiger partial charge in [0.05, 0.1) is 5.56 Å². The van der Waals surface area contributed by atoms with Gasteiger partial charge in [0, 0.05) is 6.54 Å². The van der Waals surface area contributed by atoms with E-state index >= 15 is 0 Å². The number of benzene rings is 2. The Labute approximate surface area is 165 Å². The summed E-state index contributed by atoms with van der Waals surface area (Å²) in [7, 11) is 0. The third-order valence-electron chi connectivity index (χ3n) is 5.37. The third-order valence-corrected chi connectivity index (χ3v) is 5.37. The van der Waals surface area contributed by atoms with E-state index in [1.165, 1.54) is 12.5 Å². The maximum atomic E-state index is 14.6. The van der Waals surface area contributed by atoms with E-state index in [-0.39, 0.29) is 17.9 Å². The van der Waals surface area contributed by atoms with Gasteiger partial charge in [0.25, 0.3) is 5.91 Å². The van der Waals surface area contributed by atoms with Crippen molar-refractivity contribution in [2.45, 2.75) is 52.6 Å². The molecule has 0 unspecified atom stereocenters. The van der Waals surface area contributed by atoms with Crippen LogP contribution in [0.25, 0.3) is 0 Å². The maximum Gasteiger partial charge on any atom is 0.254 e. The SMILES string of the molecule is Cc1ccc(COc2c(C)cc(C(=O)NCC3CCCCC3)c(F)c2F)cc1. The minimum atomic E-state index is -1.16. The summed E-state index contributed by atoms with van der Waals surface area (Å²) in [4.78, 5) is 12.4. The second-order valence-corrected chi connectivity index (χ2v) is 7.69. The van der Waals surface area contributed by atoms with Gasteiger partial charge in [-0.25, -0.2) is 4.39 Å². The lowest BCUT2D eigenvalue weighted by molar-refractivity contribution is 0.0938. The molecule has 3 rings (SSSR count). The fraction of sp³-hybridized carbons (Fsp3) is 0.435. The summed E-state index contributed by atoms with van der Waals surface area (Å²) in [5.41, 5.74) is 2.10. The van der Waals surface area contributed by atoms with Gasteiger partial charge >= 0.3 is 0 Å². The van der Waals surface area contributed by atoms with Gasteiger partial charge in [-0.1, -0.05) is 49.1 Å². The molecule has 0 aromatic heterocycles. The van der Waals surface area contributed by atoms with Crippen LogP contribution in [0.5, 0.6) is 5.75 Å². The number of nitrogens with one attached hydrogen (secondary N) is 1. The van der Waals surface area contributed by atoms with Crippen molar-refractivity contribution in [2.75, 3.05) is 6.54 Å². The van der Waals surface area contributed by atoms with Crippen LogP contribution in [0, 0.1) is 31.4 Å². The normalized spacial score (nSPS) is 14.7. The standard InChI is InChI=1S/C23H27F2NO2/c1-15-8-10-18(11-9-15)14-28-22-16(2)12-19(20(24)21(22)25)23(27)26-13-17-6-4-3-5-7-17/h8-12,17H,3-7,13-14H2,1-2H3,(H,26,27). The van der Waals surface area contributed by atoms with Crippen molar-refractivity contribution >= 4 is 5.91 Å². The highest BCUT2D eigenvalue weighted by Gasteiger charge is 2.23. The number of amides is 1. The summed E-state index contributed by atoms with van der Waals surface area (Å²) in [5.74, 6) is -2.58. The molecule has 0 bridgehead atoms. The van der Waals surface area contributed by atoms with E-state index in [0.29, 0.717) is 18.0 Å². The van der Waals surface area contributed by atoms with Gasteiger partial charge in [-0.15, -0.1) is 0 Å². The quantitative estimate of drug-likeness (QED) is 0.714. The molecule has 5 heteroatoms. The van der Waals surface area contributed by atoms with Crippen LogP contribution in [-0.2, 0) is 6.61 Å². The average Bonchev–Trinajstić information content (AvgIpc) is 2.71. The number of carbonyl (C=O) groups excluding carboxylic acids is 1. The first kappa shape index (κ1) is 20.3. The number of halogens is 2. The Hall–Kier alpha value is -2.43. The Balaban J connectivity index is 1.68. The van der Waals surface area contributed by atoms with Crippen molar-refractivity contribution in [3.05, 3.63) is 64.2 Å². The molecule has 0 spiro atoms. The molecule has 0 heterocycles. The first-order chi connectivity index (χ1) is 13.5. The van der Waals surface area contributed by atoms with Crippen LogP contribution in [0.3, 0.4) is 0 Å². The predicted molar refractivity (Wildman–Crippen MR) is 106 cm³/mol. The number of rotatable bonds is 6. The molecule has 0 saturated heterocycles. The smallest absolute Gasteiger partial charge is 0.254 e. The van der Waals surface area contributed by atoms with Gasteiger partial charge in [0.1, 0.15) is 6.61 Å². The van der Waals surface area contributed by atoms with Crippen LogP contribution in [0.2, 0.25) is 0 Å². The average molecular weight is 387 g/mol. The van der Waals surface area contributed by atoms with Gasteiger partial charge in [0.15, 0.2) is 11.6 Å². The lowest BCUT2D eigenvalue weighted by Crippen LogP contribution is -2.31. The fourth-order valence-corrected chi connectivity index (χ4v) is 3.64. The minimum Gasteiger partial charge on any atom is -0.485 e. The number of hydrogen-bond acceptors (Lipinski definition) is 2. The minimum absolute atomic E-state index is 0.130. The topological polar surface area (TPSA) is 38.3 Å². The van der Waals surface area contributed by atoms with E-state index in [2.05, 4.69) is 5.32 Å². The molecule has 1 saturated carbocycles. The molecule has 28 heavy (non-hydrogen) atoms. The van der Waals surface area contributed by atoms with E-state index in [4.69, 9.17) is 4.74 Å². The number of aryl methyl sites for hydroxylation is 2. The molecule has 0 atom stereocenters. The summed E-state index contributed by atoms with van der Waals surface area (Å²) < 4.78 is 34.6. The van der Waals surface area contributed by atoms with Crippen LogP contribution in [-0.4, -0.2) is 12.5 Å². The highest BCUT2D eigenvalue weighted by atomic mass is 19.2. The Morgan fingerprint density at radius 3 is 2.43 bits per heavy atom. The van der Waals surface area contributed by atoms with Crippen LogP contribution < -0.4 is 10.1 Å². The van der Waals surface area contributed by atoms with Crippen molar-refractivity contribution in [1.29, 1.82) is 0 Å². The third kappa shape index (κ3) is 4.89. The second-order valence-electron chi connectivity index (χ2n) is 7.69. The van der Waals surface area contributed by atoms with E-state index < -0.39 is 17.5 Å².